The maximum atomic E-state index is 13.4. The number of anilines is 1. The van der Waals surface area contributed by atoms with Crippen LogP contribution in [0.1, 0.15) is 47.3 Å². The van der Waals surface area contributed by atoms with E-state index in [1.165, 1.54) is 24.4 Å². The number of nitrogens with one attached hydrogen (secondary N) is 3. The SMILES string of the molecule is [NH]c1ncccc1C(=O)c1nc(NCC2CCC([NH])CC2)ccc1C(F)(F)F. The molecule has 0 saturated heterocycles. The van der Waals surface area contributed by atoms with Crippen molar-refractivity contribution in [2.75, 3.05) is 11.9 Å². The molecule has 1 fully saturated rings. The summed E-state index contributed by atoms with van der Waals surface area (Å²) in [4.78, 5) is 20.2. The van der Waals surface area contributed by atoms with Crippen molar-refractivity contribution in [2.45, 2.75) is 37.9 Å². The predicted molar refractivity (Wildman–Crippen MR) is 97.0 cm³/mol. The van der Waals surface area contributed by atoms with E-state index in [4.69, 9.17) is 11.5 Å². The molecule has 0 aliphatic heterocycles. The zero-order valence-corrected chi connectivity index (χ0v) is 15.0. The zero-order valence-electron chi connectivity index (χ0n) is 15.0. The van der Waals surface area contributed by atoms with Gasteiger partial charge in [0.25, 0.3) is 0 Å². The lowest BCUT2D eigenvalue weighted by atomic mass is 9.86. The number of pyridine rings is 2. The van der Waals surface area contributed by atoms with Gasteiger partial charge in [0.15, 0.2) is 5.82 Å². The van der Waals surface area contributed by atoms with Gasteiger partial charge in [-0.25, -0.2) is 9.97 Å². The summed E-state index contributed by atoms with van der Waals surface area (Å²) in [6.07, 6.45) is -0.0707. The number of aromatic nitrogens is 2. The third kappa shape index (κ3) is 4.59. The molecule has 0 spiro atoms. The van der Waals surface area contributed by atoms with Gasteiger partial charge in [-0.2, -0.15) is 13.2 Å². The molecule has 0 bridgehead atoms. The fraction of sp³-hybridized carbons (Fsp3) is 0.421. The minimum atomic E-state index is -4.74. The molecule has 0 atom stereocenters. The van der Waals surface area contributed by atoms with Crippen molar-refractivity contribution in [1.29, 1.82) is 0 Å². The van der Waals surface area contributed by atoms with Crippen molar-refractivity contribution in [3.8, 4) is 0 Å². The molecule has 2 heterocycles. The van der Waals surface area contributed by atoms with Gasteiger partial charge in [-0.1, -0.05) is 0 Å². The van der Waals surface area contributed by atoms with Gasteiger partial charge < -0.3 is 5.32 Å². The van der Waals surface area contributed by atoms with Crippen LogP contribution >= 0.6 is 0 Å². The molecule has 3 rings (SSSR count). The van der Waals surface area contributed by atoms with Crippen molar-refractivity contribution in [3.63, 3.8) is 0 Å². The van der Waals surface area contributed by atoms with Crippen LogP contribution in [0, 0.1) is 5.92 Å². The quantitative estimate of drug-likeness (QED) is 0.781. The van der Waals surface area contributed by atoms with E-state index in [0.29, 0.717) is 12.5 Å². The number of nitrogens with zero attached hydrogens (tertiary/aromatic N) is 2. The first-order valence-corrected chi connectivity index (χ1v) is 9.00. The molecule has 3 N–H and O–H groups in total. The highest BCUT2D eigenvalue weighted by atomic mass is 19.4. The van der Waals surface area contributed by atoms with Gasteiger partial charge in [-0.05, 0) is 55.9 Å². The predicted octanol–water partition coefficient (Wildman–Crippen LogP) is 3.89. The number of hydrogen-bond acceptors (Lipinski definition) is 4. The minimum absolute atomic E-state index is 0.0387. The van der Waals surface area contributed by atoms with E-state index in [0.717, 1.165) is 31.7 Å². The van der Waals surface area contributed by atoms with Crippen molar-refractivity contribution in [3.05, 3.63) is 47.3 Å². The van der Waals surface area contributed by atoms with E-state index in [-0.39, 0.29) is 17.4 Å². The van der Waals surface area contributed by atoms with Gasteiger partial charge >= 0.3 is 6.18 Å². The van der Waals surface area contributed by atoms with Crippen LogP contribution in [0.5, 0.6) is 0 Å². The standard InChI is InChI=1S/C19H20F3N5O/c20-19(21,22)14-7-8-15(26-10-11-3-5-12(23)6-4-11)27-16(14)17(28)13-2-1-9-25-18(13)24/h1-2,7-9,11-12,23-24H,3-6,10H2,(H,26,27). The highest BCUT2D eigenvalue weighted by Gasteiger charge is 2.37. The zero-order chi connectivity index (χ0) is 20.3. The van der Waals surface area contributed by atoms with Crippen LogP contribution in [-0.4, -0.2) is 28.3 Å². The van der Waals surface area contributed by atoms with Gasteiger partial charge in [-0.3, -0.25) is 16.3 Å². The molecular weight excluding hydrogens is 371 g/mol. The maximum Gasteiger partial charge on any atom is 0.418 e. The second kappa shape index (κ2) is 8.14. The van der Waals surface area contributed by atoms with Crippen molar-refractivity contribution in [1.82, 2.24) is 21.4 Å². The number of ketones is 1. The lowest BCUT2D eigenvalue weighted by Crippen LogP contribution is -2.25. The van der Waals surface area contributed by atoms with Crippen molar-refractivity contribution in [2.24, 2.45) is 5.92 Å². The molecule has 2 radical (unpaired) electrons. The molecule has 28 heavy (non-hydrogen) atoms. The van der Waals surface area contributed by atoms with Gasteiger partial charge in [0.05, 0.1) is 11.1 Å². The van der Waals surface area contributed by atoms with Crippen LogP contribution in [0.25, 0.3) is 0 Å². The second-order valence-corrected chi connectivity index (χ2v) is 6.92. The van der Waals surface area contributed by atoms with Crippen LogP contribution < -0.4 is 16.8 Å². The molecule has 1 aliphatic rings. The van der Waals surface area contributed by atoms with E-state index >= 15 is 0 Å². The van der Waals surface area contributed by atoms with Crippen LogP contribution in [0.2, 0.25) is 0 Å². The van der Waals surface area contributed by atoms with E-state index in [1.807, 2.05) is 0 Å². The molecule has 9 heteroatoms. The molecule has 2 aromatic rings. The van der Waals surface area contributed by atoms with E-state index < -0.39 is 29.0 Å². The van der Waals surface area contributed by atoms with Gasteiger partial charge in [0.2, 0.25) is 5.78 Å². The van der Waals surface area contributed by atoms with Crippen LogP contribution in [-0.2, 0) is 6.18 Å². The van der Waals surface area contributed by atoms with Gasteiger partial charge in [0.1, 0.15) is 11.5 Å². The Hall–Kier alpha value is -2.68. The first-order valence-electron chi connectivity index (χ1n) is 9.00. The molecule has 2 aromatic heterocycles. The van der Waals surface area contributed by atoms with E-state index in [2.05, 4.69) is 15.3 Å². The first kappa shape index (κ1) is 20.1. The summed E-state index contributed by atoms with van der Waals surface area (Å²) in [5, 5.41) is 3.01. The number of halogens is 3. The molecule has 6 nitrogen and oxygen atoms in total. The summed E-state index contributed by atoms with van der Waals surface area (Å²) in [6.45, 7) is 0.523. The van der Waals surface area contributed by atoms with E-state index in [1.54, 1.807) is 0 Å². The second-order valence-electron chi connectivity index (χ2n) is 6.92. The Balaban J connectivity index is 1.85. The lowest BCUT2D eigenvalue weighted by molar-refractivity contribution is -0.138. The van der Waals surface area contributed by atoms with Crippen molar-refractivity contribution < 1.29 is 18.0 Å². The number of rotatable bonds is 5. The summed E-state index contributed by atoms with van der Waals surface area (Å²) in [7, 11) is 0. The summed E-state index contributed by atoms with van der Waals surface area (Å²) < 4.78 is 40.1. The molecular formula is C19H20F3N5O. The summed E-state index contributed by atoms with van der Waals surface area (Å²) in [5.74, 6) is -0.875. The Morgan fingerprint density at radius 1 is 1.18 bits per heavy atom. The average Bonchev–Trinajstić information content (AvgIpc) is 2.66. The van der Waals surface area contributed by atoms with Gasteiger partial charge in [-0.15, -0.1) is 0 Å². The summed E-state index contributed by atoms with van der Waals surface area (Å²) in [6, 6.07) is 4.66. The van der Waals surface area contributed by atoms with Gasteiger partial charge in [0, 0.05) is 18.8 Å². The number of hydrogen-bond donors (Lipinski definition) is 1. The van der Waals surface area contributed by atoms with Crippen LogP contribution in [0.15, 0.2) is 30.5 Å². The highest BCUT2D eigenvalue weighted by Crippen LogP contribution is 2.33. The first-order chi connectivity index (χ1) is 13.3. The number of carbonyl (C=O) groups excluding carboxylic acids is 1. The maximum absolute atomic E-state index is 13.4. The number of alkyl halides is 3. The summed E-state index contributed by atoms with van der Waals surface area (Å²) >= 11 is 0. The Kier molecular flexibility index (Phi) is 5.83. The fourth-order valence-corrected chi connectivity index (χ4v) is 3.29. The van der Waals surface area contributed by atoms with Crippen LogP contribution in [0.3, 0.4) is 0 Å². The smallest absolute Gasteiger partial charge is 0.370 e. The Morgan fingerprint density at radius 3 is 2.54 bits per heavy atom. The molecule has 0 unspecified atom stereocenters. The van der Waals surface area contributed by atoms with Crippen molar-refractivity contribution >= 4 is 17.4 Å². The molecule has 0 aromatic carbocycles. The molecule has 1 saturated carbocycles. The molecule has 0 amide bonds. The largest absolute Gasteiger partial charge is 0.418 e. The Labute approximate surface area is 160 Å². The monoisotopic (exact) mass is 391 g/mol. The number of carbonyl (C=O) groups is 1. The lowest BCUT2D eigenvalue weighted by Gasteiger charge is -2.25. The third-order valence-electron chi connectivity index (χ3n) is 4.89. The Morgan fingerprint density at radius 2 is 1.89 bits per heavy atom. The minimum Gasteiger partial charge on any atom is -0.370 e. The molecule has 148 valence electrons. The Bertz CT molecular complexity index is 848. The third-order valence-corrected chi connectivity index (χ3v) is 4.89. The summed E-state index contributed by atoms with van der Waals surface area (Å²) in [5.41, 5.74) is 13.3. The highest BCUT2D eigenvalue weighted by molar-refractivity contribution is 6.11. The topological polar surface area (TPSA) is 102 Å². The average molecular weight is 391 g/mol. The van der Waals surface area contributed by atoms with E-state index in [9.17, 15) is 18.0 Å². The normalized spacial score (nSPS) is 20.0. The fourth-order valence-electron chi connectivity index (χ4n) is 3.29. The van der Waals surface area contributed by atoms with Crippen LogP contribution in [0.4, 0.5) is 24.8 Å². The molecule has 1 aliphatic carbocycles.